The van der Waals surface area contributed by atoms with E-state index in [2.05, 4.69) is 20.4 Å². The number of anilines is 1. The molecule has 2 aromatic heterocycles. The van der Waals surface area contributed by atoms with Crippen LogP contribution in [-0.2, 0) is 0 Å². The van der Waals surface area contributed by atoms with Crippen LogP contribution in [0.5, 0.6) is 5.75 Å². The van der Waals surface area contributed by atoms with Gasteiger partial charge in [0.05, 0.1) is 11.4 Å². The van der Waals surface area contributed by atoms with Crippen molar-refractivity contribution in [3.63, 3.8) is 0 Å². The number of fused-ring (bicyclic) bond motifs is 1. The van der Waals surface area contributed by atoms with E-state index in [0.29, 0.717) is 5.58 Å². The van der Waals surface area contributed by atoms with Gasteiger partial charge in [-0.1, -0.05) is 5.16 Å². The van der Waals surface area contributed by atoms with E-state index >= 15 is 0 Å². The standard InChI is InChI=1S/C16H16N4O2/c21-12-1-2-13-15(9-12)22-19-16(13)20-8-7-18-10-14(20)11-3-5-17-6-4-11/h1-6,9,14,18,21H,7-8,10H2. The van der Waals surface area contributed by atoms with Crippen LogP contribution in [0.1, 0.15) is 11.6 Å². The molecule has 1 aromatic carbocycles. The molecule has 4 rings (SSSR count). The van der Waals surface area contributed by atoms with E-state index in [1.165, 1.54) is 5.56 Å². The molecule has 1 aliphatic rings. The van der Waals surface area contributed by atoms with Crippen LogP contribution in [0.15, 0.2) is 47.2 Å². The molecule has 0 aliphatic carbocycles. The molecule has 1 aliphatic heterocycles. The maximum atomic E-state index is 9.56. The first-order valence-corrected chi connectivity index (χ1v) is 7.28. The molecule has 0 saturated carbocycles. The lowest BCUT2D eigenvalue weighted by molar-refractivity contribution is 0.432. The fraction of sp³-hybridized carbons (Fsp3) is 0.250. The molecule has 6 heteroatoms. The second-order valence-corrected chi connectivity index (χ2v) is 5.38. The molecule has 3 heterocycles. The molecule has 1 saturated heterocycles. The maximum Gasteiger partial charge on any atom is 0.180 e. The first-order chi connectivity index (χ1) is 10.8. The lowest BCUT2D eigenvalue weighted by Crippen LogP contribution is -2.46. The monoisotopic (exact) mass is 296 g/mol. The summed E-state index contributed by atoms with van der Waals surface area (Å²) in [5.41, 5.74) is 1.79. The smallest absolute Gasteiger partial charge is 0.180 e. The Morgan fingerprint density at radius 2 is 2.09 bits per heavy atom. The first-order valence-electron chi connectivity index (χ1n) is 7.28. The third-order valence-corrected chi connectivity index (χ3v) is 4.04. The van der Waals surface area contributed by atoms with Crippen LogP contribution in [0.2, 0.25) is 0 Å². The topological polar surface area (TPSA) is 74.4 Å². The number of pyridine rings is 1. The van der Waals surface area contributed by atoms with Crippen LogP contribution >= 0.6 is 0 Å². The van der Waals surface area contributed by atoms with Gasteiger partial charge in [-0.25, -0.2) is 0 Å². The van der Waals surface area contributed by atoms with E-state index in [1.54, 1.807) is 24.5 Å². The van der Waals surface area contributed by atoms with E-state index < -0.39 is 0 Å². The van der Waals surface area contributed by atoms with Gasteiger partial charge in [0.15, 0.2) is 11.4 Å². The van der Waals surface area contributed by atoms with E-state index in [9.17, 15) is 5.11 Å². The maximum absolute atomic E-state index is 9.56. The number of aromatic nitrogens is 2. The van der Waals surface area contributed by atoms with Crippen molar-refractivity contribution in [2.24, 2.45) is 0 Å². The van der Waals surface area contributed by atoms with Crippen LogP contribution in [0.25, 0.3) is 11.0 Å². The molecule has 1 unspecified atom stereocenters. The molecule has 22 heavy (non-hydrogen) atoms. The predicted octanol–water partition coefficient (Wildman–Crippen LogP) is 2.08. The second kappa shape index (κ2) is 5.31. The van der Waals surface area contributed by atoms with Crippen LogP contribution in [0.4, 0.5) is 5.82 Å². The third kappa shape index (κ3) is 2.17. The fourth-order valence-electron chi connectivity index (χ4n) is 2.96. The Morgan fingerprint density at radius 1 is 1.23 bits per heavy atom. The van der Waals surface area contributed by atoms with Crippen LogP contribution < -0.4 is 10.2 Å². The summed E-state index contributed by atoms with van der Waals surface area (Å²) in [6.07, 6.45) is 3.61. The van der Waals surface area contributed by atoms with Crippen molar-refractivity contribution in [3.05, 3.63) is 48.3 Å². The molecular weight excluding hydrogens is 280 g/mol. The number of nitrogens with zero attached hydrogens (tertiary/aromatic N) is 3. The number of nitrogens with one attached hydrogen (secondary N) is 1. The predicted molar refractivity (Wildman–Crippen MR) is 82.9 cm³/mol. The highest BCUT2D eigenvalue weighted by molar-refractivity contribution is 5.89. The molecule has 6 nitrogen and oxygen atoms in total. The van der Waals surface area contributed by atoms with Gasteiger partial charge in [-0.3, -0.25) is 4.98 Å². The minimum Gasteiger partial charge on any atom is -0.508 e. The van der Waals surface area contributed by atoms with Crippen LogP contribution in [-0.4, -0.2) is 34.9 Å². The number of piperazine rings is 1. The summed E-state index contributed by atoms with van der Waals surface area (Å²) < 4.78 is 5.38. The van der Waals surface area contributed by atoms with Gasteiger partial charge in [0.1, 0.15) is 5.75 Å². The van der Waals surface area contributed by atoms with Crippen molar-refractivity contribution >= 4 is 16.8 Å². The van der Waals surface area contributed by atoms with E-state index in [-0.39, 0.29) is 11.8 Å². The van der Waals surface area contributed by atoms with Gasteiger partial charge in [-0.15, -0.1) is 0 Å². The highest BCUT2D eigenvalue weighted by Gasteiger charge is 2.27. The van der Waals surface area contributed by atoms with Gasteiger partial charge in [-0.2, -0.15) is 0 Å². The zero-order valence-corrected chi connectivity index (χ0v) is 11.9. The van der Waals surface area contributed by atoms with Gasteiger partial charge in [0.2, 0.25) is 0 Å². The highest BCUT2D eigenvalue weighted by atomic mass is 16.5. The SMILES string of the molecule is Oc1ccc2c(N3CCNCC3c3ccncc3)noc2c1. The lowest BCUT2D eigenvalue weighted by atomic mass is 10.0. The Kier molecular flexibility index (Phi) is 3.16. The molecular formula is C16H16N4O2. The van der Waals surface area contributed by atoms with Crippen molar-refractivity contribution < 1.29 is 9.63 Å². The number of phenols is 1. The number of hydrogen-bond donors (Lipinski definition) is 2. The van der Waals surface area contributed by atoms with Crippen molar-refractivity contribution in [3.8, 4) is 5.75 Å². The lowest BCUT2D eigenvalue weighted by Gasteiger charge is -2.36. The Morgan fingerprint density at radius 3 is 2.95 bits per heavy atom. The molecule has 2 N–H and O–H groups in total. The summed E-state index contributed by atoms with van der Waals surface area (Å²) in [6, 6.07) is 9.33. The number of benzene rings is 1. The van der Waals surface area contributed by atoms with Gasteiger partial charge in [-0.05, 0) is 29.8 Å². The zero-order chi connectivity index (χ0) is 14.9. The van der Waals surface area contributed by atoms with E-state index in [1.807, 2.05) is 18.2 Å². The molecule has 0 spiro atoms. The number of aromatic hydroxyl groups is 1. The summed E-state index contributed by atoms with van der Waals surface area (Å²) >= 11 is 0. The average molecular weight is 296 g/mol. The number of hydrogen-bond acceptors (Lipinski definition) is 6. The Labute approximate surface area is 127 Å². The molecule has 0 radical (unpaired) electrons. The summed E-state index contributed by atoms with van der Waals surface area (Å²) in [7, 11) is 0. The molecule has 0 bridgehead atoms. The van der Waals surface area contributed by atoms with Gasteiger partial charge >= 0.3 is 0 Å². The Hall–Kier alpha value is -2.60. The zero-order valence-electron chi connectivity index (χ0n) is 11.9. The quantitative estimate of drug-likeness (QED) is 0.754. The van der Waals surface area contributed by atoms with E-state index in [4.69, 9.17) is 4.52 Å². The minimum absolute atomic E-state index is 0.179. The van der Waals surface area contributed by atoms with Gasteiger partial charge in [0.25, 0.3) is 0 Å². The Bertz CT molecular complexity index is 787. The fourth-order valence-corrected chi connectivity index (χ4v) is 2.96. The summed E-state index contributed by atoms with van der Waals surface area (Å²) in [4.78, 5) is 6.33. The number of phenolic OH excluding ortho intramolecular Hbond substituents is 1. The normalized spacial score (nSPS) is 18.7. The Balaban J connectivity index is 1.77. The summed E-state index contributed by atoms with van der Waals surface area (Å²) in [5, 5.41) is 18.1. The van der Waals surface area contributed by atoms with Crippen molar-refractivity contribution in [1.82, 2.24) is 15.5 Å². The summed E-state index contributed by atoms with van der Waals surface area (Å²) in [5.74, 6) is 1.000. The van der Waals surface area contributed by atoms with Crippen LogP contribution in [0.3, 0.4) is 0 Å². The molecule has 112 valence electrons. The van der Waals surface area contributed by atoms with Crippen molar-refractivity contribution in [2.75, 3.05) is 24.5 Å². The van der Waals surface area contributed by atoms with Crippen LogP contribution in [0, 0.1) is 0 Å². The summed E-state index contributed by atoms with van der Waals surface area (Å²) in [6.45, 7) is 2.58. The minimum atomic E-state index is 0.179. The molecule has 0 amide bonds. The molecule has 3 aromatic rings. The third-order valence-electron chi connectivity index (χ3n) is 4.04. The average Bonchev–Trinajstić information content (AvgIpc) is 2.98. The van der Waals surface area contributed by atoms with Gasteiger partial charge in [0, 0.05) is 38.1 Å². The van der Waals surface area contributed by atoms with Gasteiger partial charge < -0.3 is 19.8 Å². The van der Waals surface area contributed by atoms with E-state index in [0.717, 1.165) is 30.8 Å². The highest BCUT2D eigenvalue weighted by Crippen LogP contribution is 2.34. The number of rotatable bonds is 2. The van der Waals surface area contributed by atoms with Crippen molar-refractivity contribution in [2.45, 2.75) is 6.04 Å². The second-order valence-electron chi connectivity index (χ2n) is 5.38. The first kappa shape index (κ1) is 13.1. The molecule has 1 atom stereocenters. The molecule has 1 fully saturated rings. The largest absolute Gasteiger partial charge is 0.508 e. The van der Waals surface area contributed by atoms with Crippen molar-refractivity contribution in [1.29, 1.82) is 0 Å².